The van der Waals surface area contributed by atoms with Crippen LogP contribution in [0.25, 0.3) is 0 Å². The molecule has 2 aliphatic heterocycles. The summed E-state index contributed by atoms with van der Waals surface area (Å²) in [6.07, 6.45) is 2.13. The van der Waals surface area contributed by atoms with Crippen LogP contribution in [0.1, 0.15) is 12.0 Å². The highest BCUT2D eigenvalue weighted by molar-refractivity contribution is 9.10. The third kappa shape index (κ3) is 2.62. The first-order valence-corrected chi connectivity index (χ1v) is 9.26. The molecule has 1 aromatic heterocycles. The Kier molecular flexibility index (Phi) is 3.85. The van der Waals surface area contributed by atoms with E-state index in [9.17, 15) is 9.18 Å². The average Bonchev–Trinajstić information content (AvgIpc) is 3.20. The van der Waals surface area contributed by atoms with E-state index in [0.717, 1.165) is 47.2 Å². The number of carbonyl (C=O) groups is 1. The zero-order chi connectivity index (χ0) is 16.9. The predicted octanol–water partition coefficient (Wildman–Crippen LogP) is 3.67. The maximum absolute atomic E-state index is 13.1. The van der Waals surface area contributed by atoms with E-state index < -0.39 is 5.13 Å². The minimum Gasteiger partial charge on any atom is -0.305 e. The number of nitrogens with zero attached hydrogens (tertiary/aromatic N) is 3. The van der Waals surface area contributed by atoms with Crippen LogP contribution in [0.4, 0.5) is 20.0 Å². The number of carbonyl (C=O) groups excluding carboxylic acids is 1. The molecule has 1 unspecified atom stereocenters. The van der Waals surface area contributed by atoms with Gasteiger partial charge in [-0.1, -0.05) is 27.3 Å². The van der Waals surface area contributed by atoms with Crippen molar-refractivity contribution in [2.45, 2.75) is 11.8 Å². The Morgan fingerprint density at radius 1 is 1.46 bits per heavy atom. The van der Waals surface area contributed by atoms with Crippen LogP contribution in [0, 0.1) is 5.13 Å². The molecule has 1 atom stereocenters. The van der Waals surface area contributed by atoms with Crippen molar-refractivity contribution < 1.29 is 9.18 Å². The topological polar surface area (TPSA) is 48.5 Å². The molecule has 126 valence electrons. The molecule has 2 aromatic rings. The number of anilines is 2. The first kappa shape index (κ1) is 16.0. The maximum Gasteiger partial charge on any atom is 0.328 e. The van der Waals surface area contributed by atoms with Gasteiger partial charge in [-0.05, 0) is 43.8 Å². The van der Waals surface area contributed by atoms with Gasteiger partial charge in [-0.15, -0.1) is 0 Å². The first-order chi connectivity index (χ1) is 11.5. The van der Waals surface area contributed by atoms with Crippen molar-refractivity contribution in [3.8, 4) is 0 Å². The highest BCUT2D eigenvalue weighted by atomic mass is 79.9. The Balaban J connectivity index is 1.67. The fraction of sp³-hybridized carbons (Fsp3) is 0.375. The van der Waals surface area contributed by atoms with Crippen molar-refractivity contribution in [2.24, 2.45) is 0 Å². The molecule has 3 heterocycles. The standard InChI is InChI=1S/C16H16BrFN4OS/c1-21-5-4-16(8-21)9-22(12-3-2-10(17)6-11(12)16)15(23)20-14-19-7-13(18)24-14/h2-3,6-7H,4-5,8-9H2,1H3,(H,19,20,23). The number of hydrogen-bond acceptors (Lipinski definition) is 4. The number of thiazole rings is 1. The van der Waals surface area contributed by atoms with E-state index in [1.807, 2.05) is 12.1 Å². The lowest BCUT2D eigenvalue weighted by Gasteiger charge is -2.25. The summed E-state index contributed by atoms with van der Waals surface area (Å²) in [7, 11) is 2.10. The number of likely N-dealkylation sites (N-methyl/N-ethyl adjacent to an activating group) is 1. The monoisotopic (exact) mass is 410 g/mol. The van der Waals surface area contributed by atoms with Gasteiger partial charge in [-0.25, -0.2) is 9.78 Å². The molecule has 2 aliphatic rings. The SMILES string of the molecule is CN1CCC2(C1)CN(C(=O)Nc1ncc(F)s1)c1ccc(Br)cc12. The van der Waals surface area contributed by atoms with Gasteiger partial charge >= 0.3 is 6.03 Å². The third-order valence-electron chi connectivity index (χ3n) is 4.76. The van der Waals surface area contributed by atoms with Gasteiger partial charge in [-0.3, -0.25) is 10.2 Å². The van der Waals surface area contributed by atoms with Crippen molar-refractivity contribution in [3.63, 3.8) is 0 Å². The predicted molar refractivity (Wildman–Crippen MR) is 96.4 cm³/mol. The van der Waals surface area contributed by atoms with E-state index in [1.54, 1.807) is 4.90 Å². The molecule has 5 nitrogen and oxygen atoms in total. The summed E-state index contributed by atoms with van der Waals surface area (Å²) in [4.78, 5) is 20.6. The second-order valence-corrected chi connectivity index (χ2v) is 8.31. The quantitative estimate of drug-likeness (QED) is 0.779. The summed E-state index contributed by atoms with van der Waals surface area (Å²) in [6, 6.07) is 5.76. The summed E-state index contributed by atoms with van der Waals surface area (Å²) in [5.74, 6) is 0. The molecule has 1 aromatic carbocycles. The fourth-order valence-electron chi connectivity index (χ4n) is 3.72. The van der Waals surface area contributed by atoms with E-state index in [-0.39, 0.29) is 16.6 Å². The molecule has 2 amide bonds. The molecule has 1 N–H and O–H groups in total. The second kappa shape index (κ2) is 5.79. The van der Waals surface area contributed by atoms with Gasteiger partial charge < -0.3 is 4.90 Å². The number of aromatic nitrogens is 1. The smallest absolute Gasteiger partial charge is 0.305 e. The van der Waals surface area contributed by atoms with Crippen LogP contribution in [0.3, 0.4) is 0 Å². The number of hydrogen-bond donors (Lipinski definition) is 1. The molecule has 0 radical (unpaired) electrons. The summed E-state index contributed by atoms with van der Waals surface area (Å²) >= 11 is 4.37. The van der Waals surface area contributed by atoms with Gasteiger partial charge in [0.1, 0.15) is 0 Å². The van der Waals surface area contributed by atoms with E-state index in [0.29, 0.717) is 6.54 Å². The van der Waals surface area contributed by atoms with E-state index >= 15 is 0 Å². The number of benzene rings is 1. The Labute approximate surface area is 151 Å². The van der Waals surface area contributed by atoms with Crippen molar-refractivity contribution in [1.82, 2.24) is 9.88 Å². The Morgan fingerprint density at radius 3 is 2.96 bits per heavy atom. The molecular weight excluding hydrogens is 395 g/mol. The number of halogens is 2. The van der Waals surface area contributed by atoms with Crippen molar-refractivity contribution in [1.29, 1.82) is 0 Å². The lowest BCUT2D eigenvalue weighted by atomic mass is 9.82. The number of nitrogens with one attached hydrogen (secondary N) is 1. The van der Waals surface area contributed by atoms with Crippen molar-refractivity contribution >= 4 is 44.1 Å². The number of fused-ring (bicyclic) bond motifs is 2. The van der Waals surface area contributed by atoms with Crippen LogP contribution in [-0.4, -0.2) is 42.6 Å². The summed E-state index contributed by atoms with van der Waals surface area (Å²) in [6.45, 7) is 2.56. The van der Waals surface area contributed by atoms with Gasteiger partial charge in [0.15, 0.2) is 10.3 Å². The van der Waals surface area contributed by atoms with Crippen molar-refractivity contribution in [3.05, 3.63) is 39.6 Å². The average molecular weight is 411 g/mol. The summed E-state index contributed by atoms with van der Waals surface area (Å²) < 4.78 is 14.1. The van der Waals surface area contributed by atoms with Crippen LogP contribution >= 0.6 is 27.3 Å². The number of amides is 2. The number of likely N-dealkylation sites (tertiary alicyclic amines) is 1. The molecule has 1 spiro atoms. The number of rotatable bonds is 1. The highest BCUT2D eigenvalue weighted by Crippen LogP contribution is 2.47. The summed E-state index contributed by atoms with van der Waals surface area (Å²) in [5.41, 5.74) is 2.07. The van der Waals surface area contributed by atoms with Crippen LogP contribution in [-0.2, 0) is 5.41 Å². The minimum absolute atomic E-state index is 0.0423. The Hall–Kier alpha value is -1.51. The van der Waals surface area contributed by atoms with Gasteiger partial charge in [-0.2, -0.15) is 4.39 Å². The molecule has 0 saturated carbocycles. The Morgan fingerprint density at radius 2 is 2.29 bits per heavy atom. The second-order valence-electron chi connectivity index (χ2n) is 6.42. The fourth-order valence-corrected chi connectivity index (χ4v) is 4.62. The van der Waals surface area contributed by atoms with Gasteiger partial charge in [0.2, 0.25) is 0 Å². The third-order valence-corrected chi connectivity index (χ3v) is 5.96. The van der Waals surface area contributed by atoms with Crippen LogP contribution in [0.15, 0.2) is 28.9 Å². The molecule has 1 fully saturated rings. The molecule has 0 bridgehead atoms. The zero-order valence-corrected chi connectivity index (χ0v) is 15.5. The summed E-state index contributed by atoms with van der Waals surface area (Å²) in [5, 5.41) is 2.57. The molecular formula is C16H16BrFN4OS. The Bertz CT molecular complexity index is 813. The lowest BCUT2D eigenvalue weighted by molar-refractivity contribution is 0.256. The minimum atomic E-state index is -0.412. The first-order valence-electron chi connectivity index (χ1n) is 7.65. The maximum atomic E-state index is 13.1. The molecule has 24 heavy (non-hydrogen) atoms. The van der Waals surface area contributed by atoms with Crippen LogP contribution < -0.4 is 10.2 Å². The normalized spacial score (nSPS) is 23.0. The molecule has 1 saturated heterocycles. The molecule has 4 rings (SSSR count). The van der Waals surface area contributed by atoms with Gasteiger partial charge in [0, 0.05) is 28.7 Å². The lowest BCUT2D eigenvalue weighted by Crippen LogP contribution is -2.40. The van der Waals surface area contributed by atoms with Crippen LogP contribution in [0.2, 0.25) is 0 Å². The van der Waals surface area contributed by atoms with E-state index in [2.05, 4.69) is 44.2 Å². The van der Waals surface area contributed by atoms with Crippen molar-refractivity contribution in [2.75, 3.05) is 36.9 Å². The zero-order valence-electron chi connectivity index (χ0n) is 13.1. The number of urea groups is 1. The largest absolute Gasteiger partial charge is 0.328 e. The highest BCUT2D eigenvalue weighted by Gasteiger charge is 2.48. The van der Waals surface area contributed by atoms with Crippen LogP contribution in [0.5, 0.6) is 0 Å². The molecule has 0 aliphatic carbocycles. The van der Waals surface area contributed by atoms with Gasteiger partial charge in [0.25, 0.3) is 0 Å². The van der Waals surface area contributed by atoms with Gasteiger partial charge in [0.05, 0.1) is 6.20 Å². The molecule has 8 heteroatoms. The van der Waals surface area contributed by atoms with E-state index in [4.69, 9.17) is 0 Å². The van der Waals surface area contributed by atoms with E-state index in [1.165, 1.54) is 5.56 Å².